The number of H-pyrrole nitrogens is 1. The van der Waals surface area contributed by atoms with Gasteiger partial charge in [0.05, 0.1) is 0 Å². The molecule has 0 bridgehead atoms. The number of hydrogen-bond donors (Lipinski definition) is 3. The second-order valence-electron chi connectivity index (χ2n) is 6.33. The number of fused-ring (bicyclic) bond motifs is 1. The van der Waals surface area contributed by atoms with E-state index in [-0.39, 0.29) is 12.2 Å². The molecule has 3 N–H and O–H groups in total. The van der Waals surface area contributed by atoms with Crippen LogP contribution in [0, 0.1) is 6.92 Å². The molecule has 3 aromatic rings. The number of benzene rings is 1. The second kappa shape index (κ2) is 7.51. The van der Waals surface area contributed by atoms with Crippen LogP contribution < -0.4 is 10.0 Å². The van der Waals surface area contributed by atoms with E-state index in [0.29, 0.717) is 5.76 Å². The molecule has 0 radical (unpaired) electrons. The molecule has 1 atom stereocenters. The van der Waals surface area contributed by atoms with Crippen LogP contribution >= 0.6 is 0 Å². The average Bonchev–Trinajstić information content (AvgIpc) is 3.20. The molecule has 0 aliphatic carbocycles. The molecule has 0 aliphatic heterocycles. The van der Waals surface area contributed by atoms with Crippen LogP contribution in [0.25, 0.3) is 10.9 Å². The molecule has 0 fully saturated rings. The van der Waals surface area contributed by atoms with E-state index in [1.165, 1.54) is 14.1 Å². The van der Waals surface area contributed by atoms with Crippen molar-refractivity contribution in [2.45, 2.75) is 19.4 Å². The maximum Gasteiger partial charge on any atom is 0.279 e. The molecule has 0 unspecified atom stereocenters. The van der Waals surface area contributed by atoms with Crippen LogP contribution in [0.2, 0.25) is 0 Å². The van der Waals surface area contributed by atoms with E-state index in [1.807, 2.05) is 24.3 Å². The van der Waals surface area contributed by atoms with Gasteiger partial charge in [0.1, 0.15) is 11.8 Å². The lowest BCUT2D eigenvalue weighted by Crippen LogP contribution is -2.49. The van der Waals surface area contributed by atoms with Crippen molar-refractivity contribution in [1.29, 1.82) is 0 Å². The molecule has 2 heterocycles. The van der Waals surface area contributed by atoms with Gasteiger partial charge in [0.2, 0.25) is 5.91 Å². The van der Waals surface area contributed by atoms with E-state index >= 15 is 0 Å². The monoisotopic (exact) mass is 391 g/mol. The first-order valence-electron chi connectivity index (χ1n) is 8.25. The average molecular weight is 391 g/mol. The molecule has 9 nitrogen and oxygen atoms in total. The lowest BCUT2D eigenvalue weighted by Gasteiger charge is -2.20. The van der Waals surface area contributed by atoms with Gasteiger partial charge in [-0.25, -0.2) is 0 Å². The largest absolute Gasteiger partial charge is 0.361 e. The molecule has 2 aromatic heterocycles. The van der Waals surface area contributed by atoms with Crippen molar-refractivity contribution < 1.29 is 17.7 Å². The number of aromatic amines is 1. The fourth-order valence-electron chi connectivity index (χ4n) is 2.63. The molecule has 0 saturated carbocycles. The molecular formula is C17H21N5O4S. The van der Waals surface area contributed by atoms with E-state index in [0.717, 1.165) is 20.8 Å². The van der Waals surface area contributed by atoms with E-state index in [4.69, 9.17) is 4.52 Å². The summed E-state index contributed by atoms with van der Waals surface area (Å²) in [6, 6.07) is 8.13. The van der Waals surface area contributed by atoms with Gasteiger partial charge in [-0.2, -0.15) is 17.4 Å². The normalized spacial score (nSPS) is 13.2. The van der Waals surface area contributed by atoms with Crippen LogP contribution in [-0.4, -0.2) is 48.9 Å². The number of nitrogens with zero attached hydrogens (tertiary/aromatic N) is 2. The maximum atomic E-state index is 12.7. The van der Waals surface area contributed by atoms with Gasteiger partial charge in [-0.3, -0.25) is 4.79 Å². The predicted molar refractivity (Wildman–Crippen MR) is 101 cm³/mol. The maximum absolute atomic E-state index is 12.7. The van der Waals surface area contributed by atoms with Crippen LogP contribution in [0.5, 0.6) is 0 Å². The minimum absolute atomic E-state index is 0.166. The lowest BCUT2D eigenvalue weighted by atomic mass is 10.1. The van der Waals surface area contributed by atoms with Crippen molar-refractivity contribution in [3.63, 3.8) is 0 Å². The fraction of sp³-hybridized carbons (Fsp3) is 0.294. The van der Waals surface area contributed by atoms with Crippen molar-refractivity contribution in [2.24, 2.45) is 0 Å². The molecule has 0 aliphatic rings. The zero-order chi connectivity index (χ0) is 19.6. The number of nitrogens with one attached hydrogen (secondary N) is 3. The number of amides is 1. The van der Waals surface area contributed by atoms with Gasteiger partial charge in [0, 0.05) is 37.3 Å². The Hall–Kier alpha value is -2.69. The number of aromatic nitrogens is 2. The fourth-order valence-corrected chi connectivity index (χ4v) is 3.39. The van der Waals surface area contributed by atoms with Crippen molar-refractivity contribution in [3.8, 4) is 0 Å². The quantitative estimate of drug-likeness (QED) is 0.562. The Morgan fingerprint density at radius 3 is 2.74 bits per heavy atom. The minimum atomic E-state index is -3.82. The molecule has 1 amide bonds. The summed E-state index contributed by atoms with van der Waals surface area (Å²) in [5, 5.41) is 7.23. The van der Waals surface area contributed by atoms with E-state index < -0.39 is 22.2 Å². The second-order valence-corrected chi connectivity index (χ2v) is 8.25. The summed E-state index contributed by atoms with van der Waals surface area (Å²) in [5.74, 6) is 0.233. The first kappa shape index (κ1) is 19.1. The van der Waals surface area contributed by atoms with Crippen LogP contribution in [0.15, 0.2) is 41.1 Å². The predicted octanol–water partition coefficient (Wildman–Crippen LogP) is 1.41. The summed E-state index contributed by atoms with van der Waals surface area (Å²) in [6.45, 7) is 1.70. The lowest BCUT2D eigenvalue weighted by molar-refractivity contribution is -0.117. The van der Waals surface area contributed by atoms with Gasteiger partial charge in [-0.05, 0) is 25.0 Å². The third kappa shape index (κ3) is 4.35. The minimum Gasteiger partial charge on any atom is -0.361 e. The van der Waals surface area contributed by atoms with Gasteiger partial charge in [0.25, 0.3) is 10.2 Å². The van der Waals surface area contributed by atoms with Gasteiger partial charge < -0.3 is 14.8 Å². The highest BCUT2D eigenvalue weighted by atomic mass is 32.2. The first-order valence-corrected chi connectivity index (χ1v) is 9.69. The van der Waals surface area contributed by atoms with E-state index in [1.54, 1.807) is 19.2 Å². The summed E-state index contributed by atoms with van der Waals surface area (Å²) < 4.78 is 33.0. The summed E-state index contributed by atoms with van der Waals surface area (Å²) in [4.78, 5) is 15.9. The van der Waals surface area contributed by atoms with Gasteiger partial charge in [-0.1, -0.05) is 23.4 Å². The zero-order valence-corrected chi connectivity index (χ0v) is 16.0. The Morgan fingerprint density at radius 2 is 2.07 bits per heavy atom. The number of carbonyl (C=O) groups is 1. The molecule has 0 spiro atoms. The topological polar surface area (TPSA) is 120 Å². The van der Waals surface area contributed by atoms with E-state index in [9.17, 15) is 13.2 Å². The Bertz CT molecular complexity index is 1050. The number of hydrogen-bond acceptors (Lipinski definition) is 5. The number of rotatable bonds is 7. The molecule has 0 saturated heterocycles. The smallest absolute Gasteiger partial charge is 0.279 e. The standard InChI is InChI=1S/C17H21N5O4S/c1-11-8-16(20-26-11)19-17(23)15(21-27(24,25)22(2)3)9-12-10-18-14-7-5-4-6-13(12)14/h4-8,10,15,18,21H,9H2,1-3H3,(H,19,20,23)/t15-/m1/s1. The van der Waals surface area contributed by atoms with Crippen molar-refractivity contribution in [2.75, 3.05) is 19.4 Å². The van der Waals surface area contributed by atoms with Gasteiger partial charge in [0.15, 0.2) is 5.82 Å². The van der Waals surface area contributed by atoms with Crippen LogP contribution in [-0.2, 0) is 21.4 Å². The molecule has 144 valence electrons. The summed E-state index contributed by atoms with van der Waals surface area (Å²) in [7, 11) is -1.03. The highest BCUT2D eigenvalue weighted by Crippen LogP contribution is 2.20. The summed E-state index contributed by atoms with van der Waals surface area (Å²) in [6.07, 6.45) is 1.94. The Kier molecular flexibility index (Phi) is 5.31. The highest BCUT2D eigenvalue weighted by molar-refractivity contribution is 7.87. The third-order valence-electron chi connectivity index (χ3n) is 4.07. The van der Waals surface area contributed by atoms with Gasteiger partial charge in [-0.15, -0.1) is 0 Å². The summed E-state index contributed by atoms with van der Waals surface area (Å²) in [5.41, 5.74) is 1.73. The molecular weight excluding hydrogens is 370 g/mol. The molecule has 1 aromatic carbocycles. The van der Waals surface area contributed by atoms with Crippen LogP contribution in [0.1, 0.15) is 11.3 Å². The van der Waals surface area contributed by atoms with Crippen molar-refractivity contribution in [1.82, 2.24) is 19.2 Å². The Balaban J connectivity index is 1.88. The summed E-state index contributed by atoms with van der Waals surface area (Å²) >= 11 is 0. The Morgan fingerprint density at radius 1 is 1.33 bits per heavy atom. The SMILES string of the molecule is Cc1cc(NC(=O)[C@@H](Cc2c[nH]c3ccccc23)NS(=O)(=O)N(C)C)no1. The van der Waals surface area contributed by atoms with Crippen molar-refractivity contribution >= 4 is 32.8 Å². The first-order chi connectivity index (χ1) is 12.8. The van der Waals surface area contributed by atoms with Crippen molar-refractivity contribution in [3.05, 3.63) is 47.9 Å². The van der Waals surface area contributed by atoms with Crippen LogP contribution in [0.4, 0.5) is 5.82 Å². The Labute approximate surface area is 156 Å². The molecule has 3 rings (SSSR count). The van der Waals surface area contributed by atoms with Crippen LogP contribution in [0.3, 0.4) is 0 Å². The third-order valence-corrected chi connectivity index (χ3v) is 5.61. The highest BCUT2D eigenvalue weighted by Gasteiger charge is 2.27. The van der Waals surface area contributed by atoms with Gasteiger partial charge >= 0.3 is 0 Å². The van der Waals surface area contributed by atoms with E-state index in [2.05, 4.69) is 20.2 Å². The number of para-hydroxylation sites is 1. The number of aryl methyl sites for hydroxylation is 1. The number of carbonyl (C=O) groups excluding carboxylic acids is 1. The number of anilines is 1. The zero-order valence-electron chi connectivity index (χ0n) is 15.2. The molecule has 10 heteroatoms. The molecule has 27 heavy (non-hydrogen) atoms.